The average molecular weight is 278 g/mol. The number of nitriles is 1. The number of thioether (sulfide) groups is 1. The normalized spacial score (nSPS) is 10.0. The lowest BCUT2D eigenvalue weighted by atomic mass is 10.2. The maximum Gasteiger partial charge on any atom is 0.191 e. The molecule has 0 unspecified atom stereocenters. The Bertz CT molecular complexity index is 590. The number of nitrogen functional groups attached to an aromatic ring is 1. The first kappa shape index (κ1) is 12.6. The molecule has 2 aromatic heterocycles. The zero-order valence-electron chi connectivity index (χ0n) is 9.17. The van der Waals surface area contributed by atoms with E-state index in [-0.39, 0.29) is 0 Å². The van der Waals surface area contributed by atoms with Gasteiger partial charge in [0.1, 0.15) is 17.0 Å². The van der Waals surface area contributed by atoms with Crippen molar-refractivity contribution in [3.05, 3.63) is 40.8 Å². The number of hydrogen-bond donors (Lipinski definition) is 1. The summed E-state index contributed by atoms with van der Waals surface area (Å²) in [6.45, 7) is 0. The molecule has 0 radical (unpaired) electrons. The van der Waals surface area contributed by atoms with Gasteiger partial charge in [-0.3, -0.25) is 4.98 Å². The minimum absolute atomic E-state index is 0.298. The average Bonchev–Trinajstić information content (AvgIpc) is 2.35. The Balaban J connectivity index is 2.14. The number of hydrogen-bond acceptors (Lipinski definition) is 6. The molecule has 90 valence electrons. The van der Waals surface area contributed by atoms with E-state index in [2.05, 4.69) is 21.0 Å². The topological polar surface area (TPSA) is 88.5 Å². The minimum Gasteiger partial charge on any atom is -0.384 e. The molecule has 0 aliphatic carbocycles. The highest BCUT2D eigenvalue weighted by molar-refractivity contribution is 7.98. The second-order valence-corrected chi connectivity index (χ2v) is 4.63. The van der Waals surface area contributed by atoms with Gasteiger partial charge in [-0.25, -0.2) is 9.97 Å². The summed E-state index contributed by atoms with van der Waals surface area (Å²) < 4.78 is 0. The standard InChI is InChI=1S/C11H8ClN5S/c12-9-4-10(14)17-11(16-9)18-6-8-7(5-13)2-1-3-15-8/h1-4H,6H2,(H2,14,16,17). The zero-order valence-corrected chi connectivity index (χ0v) is 10.7. The van der Waals surface area contributed by atoms with Gasteiger partial charge in [0.15, 0.2) is 5.16 Å². The van der Waals surface area contributed by atoms with Crippen LogP contribution in [-0.4, -0.2) is 15.0 Å². The van der Waals surface area contributed by atoms with Crippen LogP contribution in [0.5, 0.6) is 0 Å². The molecule has 18 heavy (non-hydrogen) atoms. The molecule has 0 aromatic carbocycles. The first-order valence-corrected chi connectivity index (χ1v) is 6.32. The second-order valence-electron chi connectivity index (χ2n) is 3.30. The Kier molecular flexibility index (Phi) is 3.97. The number of anilines is 1. The third-order valence-corrected chi connectivity index (χ3v) is 3.10. The van der Waals surface area contributed by atoms with Crippen LogP contribution in [0.3, 0.4) is 0 Å². The summed E-state index contributed by atoms with van der Waals surface area (Å²) in [6, 6.07) is 7.01. The van der Waals surface area contributed by atoms with Gasteiger partial charge in [-0.05, 0) is 12.1 Å². The fraction of sp³-hybridized carbons (Fsp3) is 0.0909. The van der Waals surface area contributed by atoms with Gasteiger partial charge in [-0.15, -0.1) is 0 Å². The molecule has 2 heterocycles. The molecule has 0 fully saturated rings. The smallest absolute Gasteiger partial charge is 0.191 e. The van der Waals surface area contributed by atoms with E-state index < -0.39 is 0 Å². The minimum atomic E-state index is 0.298. The third-order valence-electron chi connectivity index (χ3n) is 2.04. The number of nitrogens with zero attached hydrogens (tertiary/aromatic N) is 4. The summed E-state index contributed by atoms with van der Waals surface area (Å²) >= 11 is 7.11. The van der Waals surface area contributed by atoms with Crippen molar-refractivity contribution in [2.24, 2.45) is 0 Å². The summed E-state index contributed by atoms with van der Waals surface area (Å²) in [5, 5.41) is 9.70. The molecule has 0 aliphatic rings. The van der Waals surface area contributed by atoms with E-state index >= 15 is 0 Å². The van der Waals surface area contributed by atoms with Gasteiger partial charge < -0.3 is 5.73 Å². The van der Waals surface area contributed by atoms with Crippen LogP contribution in [-0.2, 0) is 5.75 Å². The van der Waals surface area contributed by atoms with E-state index in [0.29, 0.717) is 33.1 Å². The van der Waals surface area contributed by atoms with Crippen LogP contribution in [0.25, 0.3) is 0 Å². The number of nitrogens with two attached hydrogens (primary N) is 1. The van der Waals surface area contributed by atoms with Crippen LogP contribution >= 0.6 is 23.4 Å². The quantitative estimate of drug-likeness (QED) is 0.526. The second kappa shape index (κ2) is 5.67. The van der Waals surface area contributed by atoms with E-state index in [0.717, 1.165) is 0 Å². The Hall–Kier alpha value is -1.84. The van der Waals surface area contributed by atoms with Gasteiger partial charge in [0.2, 0.25) is 0 Å². The summed E-state index contributed by atoms with van der Waals surface area (Å²) in [7, 11) is 0. The van der Waals surface area contributed by atoms with Crippen molar-refractivity contribution in [3.63, 3.8) is 0 Å². The van der Waals surface area contributed by atoms with Gasteiger partial charge in [-0.1, -0.05) is 23.4 Å². The fourth-order valence-corrected chi connectivity index (χ4v) is 2.34. The lowest BCUT2D eigenvalue weighted by Crippen LogP contribution is -1.96. The first-order chi connectivity index (χ1) is 8.69. The van der Waals surface area contributed by atoms with Crippen LogP contribution in [0.1, 0.15) is 11.3 Å². The van der Waals surface area contributed by atoms with Gasteiger partial charge in [0, 0.05) is 18.0 Å². The fourth-order valence-electron chi connectivity index (χ4n) is 1.27. The van der Waals surface area contributed by atoms with Crippen molar-refractivity contribution >= 4 is 29.2 Å². The first-order valence-electron chi connectivity index (χ1n) is 4.96. The Morgan fingerprint density at radius 3 is 3.00 bits per heavy atom. The molecule has 0 bridgehead atoms. The molecule has 0 saturated carbocycles. The molecule has 0 spiro atoms. The molecule has 0 aliphatic heterocycles. The van der Waals surface area contributed by atoms with Crippen LogP contribution in [0.15, 0.2) is 29.6 Å². The van der Waals surface area contributed by atoms with Crippen LogP contribution in [0, 0.1) is 11.3 Å². The van der Waals surface area contributed by atoms with Gasteiger partial charge in [0.05, 0.1) is 11.3 Å². The Labute approximate surface area is 113 Å². The monoisotopic (exact) mass is 277 g/mol. The predicted molar refractivity (Wildman–Crippen MR) is 70.0 cm³/mol. The van der Waals surface area contributed by atoms with Crippen LogP contribution < -0.4 is 5.73 Å². The maximum absolute atomic E-state index is 8.93. The molecule has 5 nitrogen and oxygen atoms in total. The Morgan fingerprint density at radius 1 is 1.44 bits per heavy atom. The number of pyridine rings is 1. The summed E-state index contributed by atoms with van der Waals surface area (Å²) in [6.07, 6.45) is 1.64. The maximum atomic E-state index is 8.93. The number of aromatic nitrogens is 3. The van der Waals surface area contributed by atoms with Gasteiger partial charge in [-0.2, -0.15) is 5.26 Å². The molecule has 2 rings (SSSR count). The summed E-state index contributed by atoms with van der Waals surface area (Å²) in [4.78, 5) is 12.2. The van der Waals surface area contributed by atoms with E-state index in [1.165, 1.54) is 17.8 Å². The predicted octanol–water partition coefficient (Wildman–Crippen LogP) is 2.27. The van der Waals surface area contributed by atoms with Gasteiger partial charge in [0.25, 0.3) is 0 Å². The lowest BCUT2D eigenvalue weighted by molar-refractivity contribution is 0.973. The summed E-state index contributed by atoms with van der Waals surface area (Å²) in [5.74, 6) is 0.808. The van der Waals surface area contributed by atoms with E-state index in [1.54, 1.807) is 18.3 Å². The van der Waals surface area contributed by atoms with Crippen molar-refractivity contribution < 1.29 is 0 Å². The van der Waals surface area contributed by atoms with Crippen LogP contribution in [0.4, 0.5) is 5.82 Å². The number of rotatable bonds is 3. The molecule has 2 aromatic rings. The largest absolute Gasteiger partial charge is 0.384 e. The molecule has 0 saturated heterocycles. The van der Waals surface area contributed by atoms with E-state index in [1.807, 2.05) is 0 Å². The highest BCUT2D eigenvalue weighted by atomic mass is 35.5. The molecule has 7 heteroatoms. The Morgan fingerprint density at radius 2 is 2.28 bits per heavy atom. The highest BCUT2D eigenvalue weighted by Gasteiger charge is 2.06. The van der Waals surface area contributed by atoms with E-state index in [4.69, 9.17) is 22.6 Å². The molecule has 2 N–H and O–H groups in total. The van der Waals surface area contributed by atoms with E-state index in [9.17, 15) is 0 Å². The lowest BCUT2D eigenvalue weighted by Gasteiger charge is -2.03. The SMILES string of the molecule is N#Cc1cccnc1CSc1nc(N)cc(Cl)n1. The zero-order chi connectivity index (χ0) is 13.0. The van der Waals surface area contributed by atoms with Crippen LogP contribution in [0.2, 0.25) is 5.15 Å². The number of halogens is 1. The molecular formula is C11H8ClN5S. The molecule has 0 atom stereocenters. The summed E-state index contributed by atoms with van der Waals surface area (Å²) in [5.41, 5.74) is 6.80. The van der Waals surface area contributed by atoms with Crippen molar-refractivity contribution in [1.82, 2.24) is 15.0 Å². The highest BCUT2D eigenvalue weighted by Crippen LogP contribution is 2.22. The van der Waals surface area contributed by atoms with Crippen molar-refractivity contribution in [1.29, 1.82) is 5.26 Å². The van der Waals surface area contributed by atoms with Gasteiger partial charge >= 0.3 is 0 Å². The molecule has 0 amide bonds. The van der Waals surface area contributed by atoms with Crippen molar-refractivity contribution in [2.75, 3.05) is 5.73 Å². The molecular weight excluding hydrogens is 270 g/mol. The third kappa shape index (κ3) is 3.09. The van der Waals surface area contributed by atoms with Crippen molar-refractivity contribution in [2.45, 2.75) is 10.9 Å². The van der Waals surface area contributed by atoms with Crippen molar-refractivity contribution in [3.8, 4) is 6.07 Å².